The van der Waals surface area contributed by atoms with E-state index in [9.17, 15) is 9.59 Å². The predicted molar refractivity (Wildman–Crippen MR) is 187 cm³/mol. The number of para-hydroxylation sites is 3. The van der Waals surface area contributed by atoms with Gasteiger partial charge in [0.05, 0.1) is 12.3 Å². The number of hydrogen-bond acceptors (Lipinski definition) is 3. The molecule has 0 unspecified atom stereocenters. The highest BCUT2D eigenvalue weighted by Gasteiger charge is 2.28. The summed E-state index contributed by atoms with van der Waals surface area (Å²) in [6.45, 7) is 4.75. The Kier molecular flexibility index (Phi) is 13.7. The zero-order valence-corrected chi connectivity index (χ0v) is 27.0. The van der Waals surface area contributed by atoms with Crippen LogP contribution in [-0.4, -0.2) is 18.4 Å². The van der Waals surface area contributed by atoms with Crippen molar-refractivity contribution in [2.75, 3.05) is 16.8 Å². The third kappa shape index (κ3) is 10.1. The van der Waals surface area contributed by atoms with Crippen molar-refractivity contribution < 1.29 is 14.3 Å². The Morgan fingerprint density at radius 2 is 1.24 bits per heavy atom. The quantitative estimate of drug-likeness (QED) is 0.0963. The topological polar surface area (TPSA) is 58.6 Å². The van der Waals surface area contributed by atoms with Crippen LogP contribution in [0.25, 0.3) is 11.1 Å². The number of anilines is 3. The summed E-state index contributed by atoms with van der Waals surface area (Å²) in [5.74, 6) is -0.627. The van der Waals surface area contributed by atoms with Gasteiger partial charge < -0.3 is 10.1 Å². The predicted octanol–water partition coefficient (Wildman–Crippen LogP) is 10.5. The van der Waals surface area contributed by atoms with Gasteiger partial charge in [0.2, 0.25) is 0 Å². The molecule has 0 fully saturated rings. The molecule has 0 aliphatic heterocycles. The molecule has 1 N–H and O–H groups in total. The Labute approximate surface area is 269 Å². The molecule has 4 aromatic rings. The lowest BCUT2D eigenvalue weighted by atomic mass is 9.96. The zero-order valence-electron chi connectivity index (χ0n) is 27.0. The molecule has 5 heteroatoms. The molecule has 0 heterocycles. The van der Waals surface area contributed by atoms with Gasteiger partial charge in [-0.2, -0.15) is 0 Å². The molecular formula is C40H48N2O3. The van der Waals surface area contributed by atoms with E-state index in [4.69, 9.17) is 4.74 Å². The number of amides is 2. The smallest absolute Gasteiger partial charge is 0.321 e. The second kappa shape index (κ2) is 18.4. The summed E-state index contributed by atoms with van der Waals surface area (Å²) in [5.41, 5.74) is 4.76. The minimum Gasteiger partial charge on any atom is -0.493 e. The number of carbonyl (C=O) groups excluding carboxylic acids is 2. The van der Waals surface area contributed by atoms with Crippen LogP contribution in [0.1, 0.15) is 83.6 Å². The number of unbranched alkanes of at least 4 members (excludes halogenated alkanes) is 9. The number of ether oxygens (including phenoxy) is 1. The molecule has 4 rings (SSSR count). The molecule has 0 spiro atoms. The maximum absolute atomic E-state index is 14.0. The van der Waals surface area contributed by atoms with Crippen molar-refractivity contribution in [3.05, 3.63) is 109 Å². The van der Waals surface area contributed by atoms with Gasteiger partial charge in [0.15, 0.2) is 0 Å². The van der Waals surface area contributed by atoms with Crippen LogP contribution < -0.4 is 15.0 Å². The van der Waals surface area contributed by atoms with Crippen LogP contribution in [0, 0.1) is 0 Å². The maximum Gasteiger partial charge on any atom is 0.321 e. The van der Waals surface area contributed by atoms with Gasteiger partial charge in [-0.3, -0.25) is 14.5 Å². The summed E-state index contributed by atoms with van der Waals surface area (Å²) < 4.78 is 6.04. The van der Waals surface area contributed by atoms with Gasteiger partial charge in [0.25, 0.3) is 0 Å². The molecule has 0 radical (unpaired) electrons. The highest BCUT2D eigenvalue weighted by Crippen LogP contribution is 2.40. The van der Waals surface area contributed by atoms with E-state index in [2.05, 4.69) is 24.4 Å². The monoisotopic (exact) mass is 604 g/mol. The van der Waals surface area contributed by atoms with Gasteiger partial charge in [-0.1, -0.05) is 125 Å². The van der Waals surface area contributed by atoms with Gasteiger partial charge in [0.1, 0.15) is 5.75 Å². The van der Waals surface area contributed by atoms with E-state index in [1.165, 1.54) is 68.3 Å². The molecule has 0 saturated heterocycles. The van der Waals surface area contributed by atoms with E-state index < -0.39 is 11.8 Å². The first-order valence-electron chi connectivity index (χ1n) is 16.7. The largest absolute Gasteiger partial charge is 0.493 e. The molecule has 0 aromatic heterocycles. The molecule has 0 bridgehead atoms. The molecule has 4 aromatic carbocycles. The Hall–Kier alpha value is -4.38. The maximum atomic E-state index is 14.0. The Bertz CT molecular complexity index is 1470. The fourth-order valence-corrected chi connectivity index (χ4v) is 5.69. The van der Waals surface area contributed by atoms with Gasteiger partial charge >= 0.3 is 11.8 Å². The highest BCUT2D eigenvalue weighted by molar-refractivity contribution is 6.46. The second-order valence-corrected chi connectivity index (χ2v) is 11.5. The number of rotatable bonds is 17. The summed E-state index contributed by atoms with van der Waals surface area (Å²) in [6, 6.07) is 32.5. The van der Waals surface area contributed by atoms with Gasteiger partial charge in [-0.15, -0.1) is 0 Å². The Morgan fingerprint density at radius 3 is 1.91 bits per heavy atom. The number of benzene rings is 4. The van der Waals surface area contributed by atoms with Crippen molar-refractivity contribution >= 4 is 28.9 Å². The lowest BCUT2D eigenvalue weighted by Gasteiger charge is -2.26. The SMILES string of the molecule is CCCCCCCCCCCCc1ccc(N(C(=O)C(=O)Nc2ccccc2)c2ccccc2)c(-c2ccccc2OCC)c1. The first-order valence-corrected chi connectivity index (χ1v) is 16.7. The van der Waals surface area contributed by atoms with E-state index in [-0.39, 0.29) is 0 Å². The van der Waals surface area contributed by atoms with Crippen LogP contribution >= 0.6 is 0 Å². The second-order valence-electron chi connectivity index (χ2n) is 11.5. The van der Waals surface area contributed by atoms with Crippen LogP contribution in [-0.2, 0) is 16.0 Å². The van der Waals surface area contributed by atoms with Gasteiger partial charge in [-0.25, -0.2) is 0 Å². The van der Waals surface area contributed by atoms with Gasteiger partial charge in [0, 0.05) is 22.5 Å². The average molecular weight is 605 g/mol. The highest BCUT2D eigenvalue weighted by atomic mass is 16.5. The first kappa shape index (κ1) is 33.5. The third-order valence-electron chi connectivity index (χ3n) is 8.04. The van der Waals surface area contributed by atoms with Crippen molar-refractivity contribution in [1.29, 1.82) is 0 Å². The fraction of sp³-hybridized carbons (Fsp3) is 0.350. The molecule has 2 amide bonds. The minimum absolute atomic E-state index is 0.519. The number of hydrogen-bond donors (Lipinski definition) is 1. The number of carbonyl (C=O) groups is 2. The van der Waals surface area contributed by atoms with Crippen molar-refractivity contribution in [1.82, 2.24) is 0 Å². The molecule has 0 atom stereocenters. The minimum atomic E-state index is -0.705. The summed E-state index contributed by atoms with van der Waals surface area (Å²) in [7, 11) is 0. The number of nitrogens with one attached hydrogen (secondary N) is 1. The summed E-state index contributed by atoms with van der Waals surface area (Å²) in [6.07, 6.45) is 13.9. The van der Waals surface area contributed by atoms with Crippen LogP contribution in [0.3, 0.4) is 0 Å². The third-order valence-corrected chi connectivity index (χ3v) is 8.04. The van der Waals surface area contributed by atoms with Crippen LogP contribution in [0.15, 0.2) is 103 Å². The van der Waals surface area contributed by atoms with Crippen LogP contribution in [0.5, 0.6) is 5.75 Å². The fourth-order valence-electron chi connectivity index (χ4n) is 5.69. The van der Waals surface area contributed by atoms with Crippen molar-refractivity contribution in [2.24, 2.45) is 0 Å². The summed E-state index contributed by atoms with van der Waals surface area (Å²) in [4.78, 5) is 28.9. The molecule has 0 saturated carbocycles. The van der Waals surface area contributed by atoms with E-state index in [0.29, 0.717) is 23.7 Å². The molecule has 0 aliphatic rings. The van der Waals surface area contributed by atoms with Crippen molar-refractivity contribution in [3.8, 4) is 16.9 Å². The molecule has 45 heavy (non-hydrogen) atoms. The molecule has 5 nitrogen and oxygen atoms in total. The van der Waals surface area contributed by atoms with Crippen molar-refractivity contribution in [2.45, 2.75) is 84.5 Å². The van der Waals surface area contributed by atoms with E-state index in [0.717, 1.165) is 29.7 Å². The Balaban J connectivity index is 1.60. The van der Waals surface area contributed by atoms with Crippen molar-refractivity contribution in [3.63, 3.8) is 0 Å². The summed E-state index contributed by atoms with van der Waals surface area (Å²) >= 11 is 0. The molecular weight excluding hydrogens is 556 g/mol. The number of nitrogens with zero attached hydrogens (tertiary/aromatic N) is 1. The molecule has 0 aliphatic carbocycles. The van der Waals surface area contributed by atoms with E-state index >= 15 is 0 Å². The van der Waals surface area contributed by atoms with Crippen LogP contribution in [0.4, 0.5) is 17.1 Å². The van der Waals surface area contributed by atoms with Gasteiger partial charge in [-0.05, 0) is 67.8 Å². The normalized spacial score (nSPS) is 10.8. The lowest BCUT2D eigenvalue weighted by Crippen LogP contribution is -2.37. The Morgan fingerprint density at radius 1 is 0.644 bits per heavy atom. The lowest BCUT2D eigenvalue weighted by molar-refractivity contribution is -0.134. The zero-order chi connectivity index (χ0) is 31.7. The number of aryl methyl sites for hydroxylation is 1. The van der Waals surface area contributed by atoms with Crippen LogP contribution in [0.2, 0.25) is 0 Å². The van der Waals surface area contributed by atoms with E-state index in [1.54, 1.807) is 12.1 Å². The first-order chi connectivity index (χ1) is 22.1. The molecule has 236 valence electrons. The summed E-state index contributed by atoms with van der Waals surface area (Å²) in [5, 5.41) is 2.77. The standard InChI is InChI=1S/C40H48N2O3/c1-3-5-6-7-8-9-10-11-12-15-22-32-29-30-37(36(31-32)35-27-20-21-28-38(35)45-4-2)42(34-25-18-14-19-26-34)40(44)39(43)41-33-23-16-13-17-24-33/h13-14,16-21,23-31H,3-12,15,22H2,1-2H3,(H,41,43). The average Bonchev–Trinajstić information content (AvgIpc) is 3.07. The van der Waals surface area contributed by atoms with E-state index in [1.807, 2.05) is 85.8 Å².